The lowest BCUT2D eigenvalue weighted by Crippen LogP contribution is -2.14. The van der Waals surface area contributed by atoms with Crippen LogP contribution in [0.2, 0.25) is 5.02 Å². The van der Waals surface area contributed by atoms with Gasteiger partial charge in [-0.25, -0.2) is 13.2 Å². The van der Waals surface area contributed by atoms with Crippen LogP contribution in [-0.4, -0.2) is 33.7 Å². The molecule has 0 aliphatic heterocycles. The monoisotopic (exact) mass is 371 g/mol. The number of anilines is 1. The van der Waals surface area contributed by atoms with Gasteiger partial charge in [-0.05, 0) is 30.3 Å². The summed E-state index contributed by atoms with van der Waals surface area (Å²) in [6.07, 6.45) is 0. The Morgan fingerprint density at radius 1 is 1.12 bits per heavy atom. The Labute approximate surface area is 143 Å². The van der Waals surface area contributed by atoms with Gasteiger partial charge in [0, 0.05) is 16.8 Å². The van der Waals surface area contributed by atoms with E-state index in [1.54, 1.807) is 0 Å². The zero-order valence-corrected chi connectivity index (χ0v) is 14.3. The van der Waals surface area contributed by atoms with Crippen molar-refractivity contribution in [1.29, 1.82) is 0 Å². The lowest BCUT2D eigenvalue weighted by molar-refractivity contribution is 0.0692. The molecule has 0 aromatic heterocycles. The number of sulfonamides is 1. The van der Waals surface area contributed by atoms with Crippen molar-refractivity contribution in [2.24, 2.45) is 0 Å². The predicted molar refractivity (Wildman–Crippen MR) is 88.8 cm³/mol. The van der Waals surface area contributed by atoms with Gasteiger partial charge in [0.25, 0.3) is 10.0 Å². The molecule has 2 aromatic rings. The van der Waals surface area contributed by atoms with Gasteiger partial charge in [0.1, 0.15) is 5.56 Å². The van der Waals surface area contributed by atoms with Gasteiger partial charge in [0.15, 0.2) is 11.5 Å². The van der Waals surface area contributed by atoms with Crippen LogP contribution in [-0.2, 0) is 10.0 Å². The second-order valence-corrected chi connectivity index (χ2v) is 6.74. The number of carboxylic acid groups (broad SMARTS) is 1. The van der Waals surface area contributed by atoms with E-state index >= 15 is 0 Å². The Kier molecular flexibility index (Phi) is 5.20. The molecule has 128 valence electrons. The fourth-order valence-corrected chi connectivity index (χ4v) is 3.21. The van der Waals surface area contributed by atoms with Gasteiger partial charge >= 0.3 is 5.97 Å². The van der Waals surface area contributed by atoms with Gasteiger partial charge in [0.2, 0.25) is 0 Å². The van der Waals surface area contributed by atoms with Crippen LogP contribution in [0.15, 0.2) is 41.3 Å². The summed E-state index contributed by atoms with van der Waals surface area (Å²) in [5, 5.41) is 9.72. The Morgan fingerprint density at radius 3 is 2.25 bits per heavy atom. The van der Waals surface area contributed by atoms with E-state index in [2.05, 4.69) is 4.72 Å². The summed E-state index contributed by atoms with van der Waals surface area (Å²) in [4.78, 5) is 11.1. The van der Waals surface area contributed by atoms with Gasteiger partial charge < -0.3 is 14.6 Å². The molecule has 2 N–H and O–H groups in total. The van der Waals surface area contributed by atoms with Crippen LogP contribution in [0.25, 0.3) is 0 Å². The van der Waals surface area contributed by atoms with Gasteiger partial charge in [-0.3, -0.25) is 4.72 Å². The number of benzene rings is 2. The third-order valence-electron chi connectivity index (χ3n) is 3.09. The minimum absolute atomic E-state index is 0.00567. The largest absolute Gasteiger partial charge is 0.493 e. The van der Waals surface area contributed by atoms with Crippen molar-refractivity contribution in [2.45, 2.75) is 4.90 Å². The standard InChI is InChI=1S/C15H14ClNO6S/c1-22-13-8-11(7-12(15(18)19)14(13)23-2)24(20,21)17-10-5-3-9(16)4-6-10/h3-8,17H,1-2H3,(H,18,19). The Bertz CT molecular complexity index is 864. The zero-order chi connectivity index (χ0) is 17.9. The van der Waals surface area contributed by atoms with Crippen LogP contribution in [0.3, 0.4) is 0 Å². The van der Waals surface area contributed by atoms with Crippen molar-refractivity contribution < 1.29 is 27.8 Å². The normalized spacial score (nSPS) is 11.0. The lowest BCUT2D eigenvalue weighted by Gasteiger charge is -2.14. The topological polar surface area (TPSA) is 102 Å². The highest BCUT2D eigenvalue weighted by Gasteiger charge is 2.23. The van der Waals surface area contributed by atoms with E-state index < -0.39 is 16.0 Å². The Balaban J connectivity index is 2.51. The molecule has 0 heterocycles. The summed E-state index contributed by atoms with van der Waals surface area (Å²) < 4.78 is 37.4. The molecule has 0 bridgehead atoms. The molecule has 9 heteroatoms. The van der Waals surface area contributed by atoms with E-state index in [0.717, 1.165) is 6.07 Å². The van der Waals surface area contributed by atoms with Gasteiger partial charge in [0.05, 0.1) is 19.1 Å². The molecule has 0 saturated carbocycles. The maximum atomic E-state index is 12.5. The van der Waals surface area contributed by atoms with Crippen LogP contribution in [0.1, 0.15) is 10.4 Å². The van der Waals surface area contributed by atoms with E-state index in [9.17, 15) is 18.3 Å². The van der Waals surface area contributed by atoms with Crippen molar-refractivity contribution in [3.63, 3.8) is 0 Å². The summed E-state index contributed by atoms with van der Waals surface area (Å²) in [5.41, 5.74) is -0.0422. The fraction of sp³-hybridized carbons (Fsp3) is 0.133. The number of hydrogen-bond acceptors (Lipinski definition) is 5. The van der Waals surface area contributed by atoms with Crippen LogP contribution >= 0.6 is 11.6 Å². The molecular formula is C15H14ClNO6S. The van der Waals surface area contributed by atoms with Gasteiger partial charge in [-0.2, -0.15) is 0 Å². The molecule has 0 radical (unpaired) electrons. The molecule has 0 spiro atoms. The SMILES string of the molecule is COc1cc(S(=O)(=O)Nc2ccc(Cl)cc2)cc(C(=O)O)c1OC. The summed E-state index contributed by atoms with van der Waals surface area (Å²) in [6, 6.07) is 8.20. The summed E-state index contributed by atoms with van der Waals surface area (Å²) in [7, 11) is -1.48. The molecule has 0 aliphatic carbocycles. The number of aromatic carboxylic acids is 1. The third kappa shape index (κ3) is 3.72. The van der Waals surface area contributed by atoms with E-state index in [1.807, 2.05) is 0 Å². The second-order valence-electron chi connectivity index (χ2n) is 4.62. The highest BCUT2D eigenvalue weighted by molar-refractivity contribution is 7.92. The molecule has 0 saturated heterocycles. The molecule has 24 heavy (non-hydrogen) atoms. The van der Waals surface area contributed by atoms with E-state index in [0.29, 0.717) is 5.02 Å². The number of nitrogens with one attached hydrogen (secondary N) is 1. The summed E-state index contributed by atoms with van der Waals surface area (Å²) >= 11 is 5.76. The number of halogens is 1. The average Bonchev–Trinajstić information content (AvgIpc) is 2.55. The summed E-state index contributed by atoms with van der Waals surface area (Å²) in [5.74, 6) is -1.40. The first-order valence-electron chi connectivity index (χ1n) is 6.56. The second kappa shape index (κ2) is 6.98. The molecule has 2 aromatic carbocycles. The maximum Gasteiger partial charge on any atom is 0.339 e. The molecule has 0 amide bonds. The predicted octanol–water partition coefficient (Wildman–Crippen LogP) is 2.86. The minimum Gasteiger partial charge on any atom is -0.493 e. The highest BCUT2D eigenvalue weighted by Crippen LogP contribution is 2.34. The van der Waals surface area contributed by atoms with Crippen LogP contribution in [0, 0.1) is 0 Å². The molecule has 0 aliphatic rings. The van der Waals surface area contributed by atoms with Crippen molar-refractivity contribution in [3.8, 4) is 11.5 Å². The molecule has 0 unspecified atom stereocenters. The van der Waals surface area contributed by atoms with Crippen molar-refractivity contribution in [2.75, 3.05) is 18.9 Å². The first-order chi connectivity index (χ1) is 11.3. The van der Waals surface area contributed by atoms with Crippen LogP contribution in [0.5, 0.6) is 11.5 Å². The number of methoxy groups -OCH3 is 2. The fourth-order valence-electron chi connectivity index (χ4n) is 1.99. The van der Waals surface area contributed by atoms with Crippen molar-refractivity contribution in [3.05, 3.63) is 47.0 Å². The van der Waals surface area contributed by atoms with E-state index in [4.69, 9.17) is 21.1 Å². The van der Waals surface area contributed by atoms with Gasteiger partial charge in [-0.15, -0.1) is 0 Å². The minimum atomic E-state index is -4.03. The smallest absolute Gasteiger partial charge is 0.339 e. The number of carbonyl (C=O) groups is 1. The molecule has 2 rings (SSSR count). The first-order valence-corrected chi connectivity index (χ1v) is 8.42. The van der Waals surface area contributed by atoms with Crippen LogP contribution < -0.4 is 14.2 Å². The number of ether oxygens (including phenoxy) is 2. The molecular weight excluding hydrogens is 358 g/mol. The molecule has 7 nitrogen and oxygen atoms in total. The highest BCUT2D eigenvalue weighted by atomic mass is 35.5. The number of rotatable bonds is 6. The Hall–Kier alpha value is -2.45. The maximum absolute atomic E-state index is 12.5. The third-order valence-corrected chi connectivity index (χ3v) is 4.70. The van der Waals surface area contributed by atoms with E-state index in [-0.39, 0.29) is 27.6 Å². The van der Waals surface area contributed by atoms with E-state index in [1.165, 1.54) is 44.6 Å². The molecule has 0 fully saturated rings. The lowest BCUT2D eigenvalue weighted by atomic mass is 10.2. The zero-order valence-electron chi connectivity index (χ0n) is 12.7. The number of hydrogen-bond donors (Lipinski definition) is 2. The molecule has 0 atom stereocenters. The van der Waals surface area contributed by atoms with Crippen LogP contribution in [0.4, 0.5) is 5.69 Å². The van der Waals surface area contributed by atoms with Crippen molar-refractivity contribution >= 4 is 33.3 Å². The summed E-state index contributed by atoms with van der Waals surface area (Å²) in [6.45, 7) is 0. The van der Waals surface area contributed by atoms with Gasteiger partial charge in [-0.1, -0.05) is 11.6 Å². The van der Waals surface area contributed by atoms with Crippen molar-refractivity contribution in [1.82, 2.24) is 0 Å². The quantitative estimate of drug-likeness (QED) is 0.809. The average molecular weight is 372 g/mol. The first kappa shape index (κ1) is 17.9. The number of carboxylic acids is 1. The Morgan fingerprint density at radius 2 is 1.75 bits per heavy atom.